The zero-order valence-corrected chi connectivity index (χ0v) is 10.5. The fraction of sp³-hybridized carbons (Fsp3) is 0.462. The predicted molar refractivity (Wildman–Crippen MR) is 67.8 cm³/mol. The van der Waals surface area contributed by atoms with Gasteiger partial charge in [-0.15, -0.1) is 0 Å². The SMILES string of the molecule is COc1cccc(OC(=O)N2CCCC(N)C2)c1. The molecular weight excluding hydrogens is 232 g/mol. The van der Waals surface area contributed by atoms with E-state index in [0.717, 1.165) is 12.8 Å². The van der Waals surface area contributed by atoms with Crippen molar-refractivity contribution in [2.24, 2.45) is 5.73 Å². The van der Waals surface area contributed by atoms with Crippen molar-refractivity contribution < 1.29 is 14.3 Å². The zero-order valence-electron chi connectivity index (χ0n) is 10.5. The second kappa shape index (κ2) is 5.73. The van der Waals surface area contributed by atoms with Gasteiger partial charge in [-0.1, -0.05) is 6.07 Å². The number of nitrogens with zero attached hydrogens (tertiary/aromatic N) is 1. The third-order valence-electron chi connectivity index (χ3n) is 2.96. The van der Waals surface area contributed by atoms with Crippen LogP contribution in [0.15, 0.2) is 24.3 Å². The first-order valence-electron chi connectivity index (χ1n) is 6.05. The molecule has 98 valence electrons. The second-order valence-corrected chi connectivity index (χ2v) is 4.40. The second-order valence-electron chi connectivity index (χ2n) is 4.40. The monoisotopic (exact) mass is 250 g/mol. The normalized spacial score (nSPS) is 19.4. The maximum Gasteiger partial charge on any atom is 0.415 e. The highest BCUT2D eigenvalue weighted by Gasteiger charge is 2.22. The summed E-state index contributed by atoms with van der Waals surface area (Å²) in [6.07, 6.45) is 1.54. The molecule has 5 heteroatoms. The van der Waals surface area contributed by atoms with Crippen molar-refractivity contribution in [3.05, 3.63) is 24.3 Å². The Labute approximate surface area is 106 Å². The molecule has 0 aliphatic carbocycles. The van der Waals surface area contributed by atoms with E-state index < -0.39 is 0 Å². The van der Waals surface area contributed by atoms with Crippen LogP contribution in [0.2, 0.25) is 0 Å². The van der Waals surface area contributed by atoms with Gasteiger partial charge in [-0.2, -0.15) is 0 Å². The molecule has 0 saturated carbocycles. The fourth-order valence-corrected chi connectivity index (χ4v) is 2.01. The van der Waals surface area contributed by atoms with Crippen molar-refractivity contribution in [2.75, 3.05) is 20.2 Å². The number of benzene rings is 1. The maximum absolute atomic E-state index is 11.9. The highest BCUT2D eigenvalue weighted by molar-refractivity contribution is 5.71. The summed E-state index contributed by atoms with van der Waals surface area (Å²) in [5.74, 6) is 1.15. The molecule has 1 amide bonds. The Kier molecular flexibility index (Phi) is 4.04. The lowest BCUT2D eigenvalue weighted by atomic mass is 10.1. The number of likely N-dealkylation sites (tertiary alicyclic amines) is 1. The Morgan fingerprint density at radius 2 is 2.22 bits per heavy atom. The van der Waals surface area contributed by atoms with E-state index in [2.05, 4.69) is 0 Å². The van der Waals surface area contributed by atoms with Crippen LogP contribution in [0.5, 0.6) is 11.5 Å². The number of ether oxygens (including phenoxy) is 2. The number of carbonyl (C=O) groups is 1. The minimum absolute atomic E-state index is 0.0524. The summed E-state index contributed by atoms with van der Waals surface area (Å²) in [7, 11) is 1.57. The Bertz CT molecular complexity index is 422. The highest BCUT2D eigenvalue weighted by atomic mass is 16.6. The van der Waals surface area contributed by atoms with Gasteiger partial charge in [0.2, 0.25) is 0 Å². The van der Waals surface area contributed by atoms with E-state index >= 15 is 0 Å². The van der Waals surface area contributed by atoms with Crippen LogP contribution >= 0.6 is 0 Å². The number of hydrogen-bond acceptors (Lipinski definition) is 4. The van der Waals surface area contributed by atoms with Crippen molar-refractivity contribution in [2.45, 2.75) is 18.9 Å². The number of carbonyl (C=O) groups excluding carboxylic acids is 1. The van der Waals surface area contributed by atoms with Crippen LogP contribution in [-0.4, -0.2) is 37.2 Å². The molecule has 5 nitrogen and oxygen atoms in total. The van der Waals surface area contributed by atoms with Crippen LogP contribution in [0.1, 0.15) is 12.8 Å². The number of piperidine rings is 1. The molecule has 18 heavy (non-hydrogen) atoms. The minimum Gasteiger partial charge on any atom is -0.497 e. The first-order chi connectivity index (χ1) is 8.69. The lowest BCUT2D eigenvalue weighted by Crippen LogP contribution is -2.46. The van der Waals surface area contributed by atoms with Crippen LogP contribution in [0.4, 0.5) is 4.79 Å². The van der Waals surface area contributed by atoms with E-state index in [1.54, 1.807) is 36.3 Å². The summed E-state index contributed by atoms with van der Waals surface area (Å²) >= 11 is 0. The topological polar surface area (TPSA) is 64.8 Å². The minimum atomic E-state index is -0.349. The molecule has 1 unspecified atom stereocenters. The Morgan fingerprint density at radius 3 is 2.94 bits per heavy atom. The third kappa shape index (κ3) is 3.13. The molecule has 1 saturated heterocycles. The Morgan fingerprint density at radius 1 is 1.44 bits per heavy atom. The molecule has 1 atom stereocenters. The number of hydrogen-bond donors (Lipinski definition) is 1. The van der Waals surface area contributed by atoms with Gasteiger partial charge in [0.05, 0.1) is 7.11 Å². The smallest absolute Gasteiger partial charge is 0.415 e. The van der Waals surface area contributed by atoms with Gasteiger partial charge in [-0.3, -0.25) is 0 Å². The molecule has 0 spiro atoms. The lowest BCUT2D eigenvalue weighted by Gasteiger charge is -2.29. The molecule has 0 aromatic heterocycles. The first-order valence-corrected chi connectivity index (χ1v) is 6.05. The maximum atomic E-state index is 11.9. The predicted octanol–water partition coefficient (Wildman–Crippen LogP) is 1.62. The summed E-state index contributed by atoms with van der Waals surface area (Å²) in [6.45, 7) is 1.26. The van der Waals surface area contributed by atoms with Gasteiger partial charge < -0.3 is 20.1 Å². The molecular formula is C13H18N2O3. The number of methoxy groups -OCH3 is 1. The molecule has 2 rings (SSSR count). The molecule has 1 aliphatic heterocycles. The molecule has 1 heterocycles. The molecule has 1 aromatic rings. The van der Waals surface area contributed by atoms with Crippen LogP contribution in [0, 0.1) is 0 Å². The standard InChI is InChI=1S/C13H18N2O3/c1-17-11-5-2-6-12(8-11)18-13(16)15-7-3-4-10(14)9-15/h2,5-6,8,10H,3-4,7,9,14H2,1H3. The Hall–Kier alpha value is -1.75. The van der Waals surface area contributed by atoms with Gasteiger partial charge in [-0.05, 0) is 25.0 Å². The first kappa shape index (κ1) is 12.7. The summed E-state index contributed by atoms with van der Waals surface area (Å²) in [5, 5.41) is 0. The fourth-order valence-electron chi connectivity index (χ4n) is 2.01. The molecule has 0 radical (unpaired) electrons. The Balaban J connectivity index is 1.97. The highest BCUT2D eigenvalue weighted by Crippen LogP contribution is 2.20. The van der Waals surface area contributed by atoms with Crippen molar-refractivity contribution in [3.8, 4) is 11.5 Å². The van der Waals surface area contributed by atoms with E-state index in [4.69, 9.17) is 15.2 Å². The van der Waals surface area contributed by atoms with Gasteiger partial charge in [-0.25, -0.2) is 4.79 Å². The third-order valence-corrected chi connectivity index (χ3v) is 2.96. The summed E-state index contributed by atoms with van der Waals surface area (Å²) in [5.41, 5.74) is 5.83. The van der Waals surface area contributed by atoms with E-state index in [1.165, 1.54) is 0 Å². The molecule has 1 aliphatic rings. The molecule has 1 fully saturated rings. The number of rotatable bonds is 2. The van der Waals surface area contributed by atoms with Crippen molar-refractivity contribution >= 4 is 6.09 Å². The van der Waals surface area contributed by atoms with E-state index in [1.807, 2.05) is 0 Å². The largest absolute Gasteiger partial charge is 0.497 e. The van der Waals surface area contributed by atoms with Crippen LogP contribution < -0.4 is 15.2 Å². The van der Waals surface area contributed by atoms with Gasteiger partial charge in [0, 0.05) is 25.2 Å². The zero-order chi connectivity index (χ0) is 13.0. The van der Waals surface area contributed by atoms with E-state index in [-0.39, 0.29) is 12.1 Å². The summed E-state index contributed by atoms with van der Waals surface area (Å²) in [6, 6.07) is 7.04. The van der Waals surface area contributed by atoms with E-state index in [0.29, 0.717) is 24.6 Å². The van der Waals surface area contributed by atoms with Gasteiger partial charge >= 0.3 is 6.09 Å². The van der Waals surface area contributed by atoms with Gasteiger partial charge in [0.25, 0.3) is 0 Å². The number of amides is 1. The number of nitrogens with two attached hydrogens (primary N) is 1. The van der Waals surface area contributed by atoms with Crippen LogP contribution in [-0.2, 0) is 0 Å². The van der Waals surface area contributed by atoms with Gasteiger partial charge in [0.15, 0.2) is 0 Å². The van der Waals surface area contributed by atoms with Crippen LogP contribution in [0.25, 0.3) is 0 Å². The van der Waals surface area contributed by atoms with Gasteiger partial charge in [0.1, 0.15) is 11.5 Å². The summed E-state index contributed by atoms with van der Waals surface area (Å²) < 4.78 is 10.4. The molecule has 2 N–H and O–H groups in total. The van der Waals surface area contributed by atoms with Crippen molar-refractivity contribution in [1.82, 2.24) is 4.90 Å². The molecule has 1 aromatic carbocycles. The van der Waals surface area contributed by atoms with Crippen molar-refractivity contribution in [3.63, 3.8) is 0 Å². The molecule has 0 bridgehead atoms. The average Bonchev–Trinajstić information content (AvgIpc) is 2.39. The van der Waals surface area contributed by atoms with Crippen molar-refractivity contribution in [1.29, 1.82) is 0 Å². The lowest BCUT2D eigenvalue weighted by molar-refractivity contribution is 0.137. The quantitative estimate of drug-likeness (QED) is 0.866. The van der Waals surface area contributed by atoms with Crippen LogP contribution in [0.3, 0.4) is 0 Å². The average molecular weight is 250 g/mol. The summed E-state index contributed by atoms with van der Waals surface area (Å²) in [4.78, 5) is 13.6. The van der Waals surface area contributed by atoms with E-state index in [9.17, 15) is 4.79 Å².